The monoisotopic (exact) mass is 418 g/mol. The molecule has 0 aliphatic carbocycles. The Labute approximate surface area is 172 Å². The van der Waals surface area contributed by atoms with Crippen molar-refractivity contribution in [2.75, 3.05) is 42.7 Å². The number of phenols is 1. The van der Waals surface area contributed by atoms with Gasteiger partial charge in [0.2, 0.25) is 28.4 Å². The molecule has 1 heterocycles. The van der Waals surface area contributed by atoms with Gasteiger partial charge in [-0.1, -0.05) is 6.07 Å². The first-order chi connectivity index (χ1) is 14.5. The van der Waals surface area contributed by atoms with Gasteiger partial charge in [-0.3, -0.25) is 4.79 Å². The molecule has 160 valence electrons. The van der Waals surface area contributed by atoms with E-state index >= 15 is 0 Å². The molecular weight excluding hydrogens is 396 g/mol. The summed E-state index contributed by atoms with van der Waals surface area (Å²) in [4.78, 5) is 13.4. The van der Waals surface area contributed by atoms with Gasteiger partial charge in [0.25, 0.3) is 0 Å². The van der Waals surface area contributed by atoms with Crippen LogP contribution in [0.1, 0.15) is 0 Å². The Morgan fingerprint density at radius 2 is 1.23 bits per heavy atom. The number of hydrogen-bond acceptors (Lipinski definition) is 9. The van der Waals surface area contributed by atoms with E-state index in [9.17, 15) is 9.90 Å². The van der Waals surface area contributed by atoms with Gasteiger partial charge in [0, 0.05) is 0 Å². The van der Waals surface area contributed by atoms with Crippen molar-refractivity contribution >= 4 is 11.0 Å². The molecule has 1 aromatic heterocycles. The Hall–Kier alpha value is -3.75. The lowest BCUT2D eigenvalue weighted by molar-refractivity contribution is 0.306. The molecule has 0 unspecified atom stereocenters. The summed E-state index contributed by atoms with van der Waals surface area (Å²) in [5, 5.41) is 10.2. The van der Waals surface area contributed by atoms with Crippen molar-refractivity contribution in [3.05, 3.63) is 28.4 Å². The van der Waals surface area contributed by atoms with Crippen LogP contribution < -0.4 is 33.8 Å². The van der Waals surface area contributed by atoms with Gasteiger partial charge in [-0.25, -0.2) is 0 Å². The van der Waals surface area contributed by atoms with E-state index in [1.807, 2.05) is 0 Å². The standard InChI is InChI=1S/C21H22O9/c1-24-14-10(8-7-9-11(14)22)15-18(26-3)13(23)12-16(25-2)19(27-4)21(29-6)20(28-5)17(12)30-15/h7-9,22H,1-6H3. The van der Waals surface area contributed by atoms with E-state index in [1.54, 1.807) is 12.1 Å². The van der Waals surface area contributed by atoms with E-state index in [2.05, 4.69) is 0 Å². The van der Waals surface area contributed by atoms with Gasteiger partial charge in [0.15, 0.2) is 28.6 Å². The molecule has 1 N–H and O–H groups in total. The number of aromatic hydroxyl groups is 1. The van der Waals surface area contributed by atoms with E-state index in [-0.39, 0.29) is 57.0 Å². The highest BCUT2D eigenvalue weighted by molar-refractivity contribution is 5.97. The minimum Gasteiger partial charge on any atom is -0.504 e. The summed E-state index contributed by atoms with van der Waals surface area (Å²) in [5.74, 6) is 0.500. The maximum atomic E-state index is 13.4. The lowest BCUT2D eigenvalue weighted by atomic mass is 10.1. The molecule has 0 radical (unpaired) electrons. The van der Waals surface area contributed by atoms with Crippen LogP contribution in [0.2, 0.25) is 0 Å². The maximum absolute atomic E-state index is 13.4. The highest BCUT2D eigenvalue weighted by Gasteiger charge is 2.31. The average molecular weight is 418 g/mol. The van der Waals surface area contributed by atoms with Crippen LogP contribution in [-0.4, -0.2) is 47.8 Å². The van der Waals surface area contributed by atoms with E-state index in [4.69, 9.17) is 32.8 Å². The number of fused-ring (bicyclic) bond motifs is 1. The molecule has 0 saturated heterocycles. The van der Waals surface area contributed by atoms with Crippen LogP contribution in [0.15, 0.2) is 27.4 Å². The molecule has 0 spiro atoms. The predicted molar refractivity (Wildman–Crippen MR) is 109 cm³/mol. The van der Waals surface area contributed by atoms with Gasteiger partial charge in [0.1, 0.15) is 5.39 Å². The summed E-state index contributed by atoms with van der Waals surface area (Å²) in [6.07, 6.45) is 0. The first-order valence-corrected chi connectivity index (χ1v) is 8.75. The molecule has 30 heavy (non-hydrogen) atoms. The normalized spacial score (nSPS) is 10.6. The first kappa shape index (κ1) is 21.0. The summed E-state index contributed by atoms with van der Waals surface area (Å²) in [7, 11) is 8.36. The third-order valence-electron chi connectivity index (χ3n) is 4.59. The van der Waals surface area contributed by atoms with Crippen LogP contribution in [0.3, 0.4) is 0 Å². The molecule has 3 aromatic rings. The number of ether oxygens (including phenoxy) is 6. The van der Waals surface area contributed by atoms with Crippen LogP contribution in [0.25, 0.3) is 22.3 Å². The molecule has 9 nitrogen and oxygen atoms in total. The van der Waals surface area contributed by atoms with Crippen LogP contribution in [0.5, 0.6) is 40.2 Å². The fraction of sp³-hybridized carbons (Fsp3) is 0.286. The third-order valence-corrected chi connectivity index (χ3v) is 4.59. The van der Waals surface area contributed by atoms with E-state index in [0.29, 0.717) is 5.56 Å². The lowest BCUT2D eigenvalue weighted by Gasteiger charge is -2.19. The fourth-order valence-electron chi connectivity index (χ4n) is 3.34. The smallest absolute Gasteiger partial charge is 0.239 e. The lowest BCUT2D eigenvalue weighted by Crippen LogP contribution is -2.11. The van der Waals surface area contributed by atoms with Crippen molar-refractivity contribution in [1.29, 1.82) is 0 Å². The molecular formula is C21H22O9. The van der Waals surface area contributed by atoms with Crippen LogP contribution >= 0.6 is 0 Å². The topological polar surface area (TPSA) is 106 Å². The van der Waals surface area contributed by atoms with Gasteiger partial charge in [-0.2, -0.15) is 0 Å². The second-order valence-electron chi connectivity index (χ2n) is 5.99. The molecule has 0 fully saturated rings. The number of phenolic OH excluding ortho intramolecular Hbond substituents is 1. The molecule has 2 aromatic carbocycles. The van der Waals surface area contributed by atoms with Gasteiger partial charge in [-0.15, -0.1) is 0 Å². The molecule has 0 aliphatic heterocycles. The van der Waals surface area contributed by atoms with Gasteiger partial charge < -0.3 is 37.9 Å². The maximum Gasteiger partial charge on any atom is 0.239 e. The minimum absolute atomic E-state index is 0.0373. The predicted octanol–water partition coefficient (Wildman–Crippen LogP) is 3.22. The zero-order chi connectivity index (χ0) is 22.0. The van der Waals surface area contributed by atoms with Crippen molar-refractivity contribution in [3.63, 3.8) is 0 Å². The summed E-state index contributed by atoms with van der Waals surface area (Å²) >= 11 is 0. The molecule has 9 heteroatoms. The number of para-hydroxylation sites is 1. The zero-order valence-electron chi connectivity index (χ0n) is 17.4. The van der Waals surface area contributed by atoms with Crippen LogP contribution in [-0.2, 0) is 0 Å². The molecule has 0 bridgehead atoms. The molecule has 0 aliphatic rings. The van der Waals surface area contributed by atoms with Gasteiger partial charge in [-0.05, 0) is 12.1 Å². The van der Waals surface area contributed by atoms with Gasteiger partial charge >= 0.3 is 0 Å². The van der Waals surface area contributed by atoms with E-state index in [1.165, 1.54) is 48.7 Å². The minimum atomic E-state index is -0.532. The van der Waals surface area contributed by atoms with Gasteiger partial charge in [0.05, 0.1) is 48.2 Å². The molecule has 0 amide bonds. The average Bonchev–Trinajstić information content (AvgIpc) is 2.76. The van der Waals surface area contributed by atoms with E-state index < -0.39 is 5.43 Å². The number of methoxy groups -OCH3 is 6. The van der Waals surface area contributed by atoms with Crippen molar-refractivity contribution < 1.29 is 37.9 Å². The number of benzene rings is 2. The van der Waals surface area contributed by atoms with Crippen LogP contribution in [0.4, 0.5) is 0 Å². The molecule has 0 saturated carbocycles. The second kappa shape index (κ2) is 8.32. The summed E-state index contributed by atoms with van der Waals surface area (Å²) < 4.78 is 38.5. The Kier molecular flexibility index (Phi) is 5.81. The number of rotatable bonds is 7. The Morgan fingerprint density at radius 3 is 1.77 bits per heavy atom. The van der Waals surface area contributed by atoms with Crippen molar-refractivity contribution in [2.45, 2.75) is 0 Å². The van der Waals surface area contributed by atoms with E-state index in [0.717, 1.165) is 0 Å². The third kappa shape index (κ3) is 2.99. The summed E-state index contributed by atoms with van der Waals surface area (Å²) in [6.45, 7) is 0. The first-order valence-electron chi connectivity index (χ1n) is 8.75. The highest BCUT2D eigenvalue weighted by atomic mass is 16.5. The zero-order valence-corrected chi connectivity index (χ0v) is 17.4. The van der Waals surface area contributed by atoms with Crippen molar-refractivity contribution in [1.82, 2.24) is 0 Å². The summed E-state index contributed by atoms with van der Waals surface area (Å²) in [5.41, 5.74) is -0.169. The Balaban J connectivity index is 2.59. The SMILES string of the molecule is COc1c(O)cccc1-c1oc2c(OC)c(OC)c(OC)c(OC)c2c(=O)c1OC. The van der Waals surface area contributed by atoms with Crippen molar-refractivity contribution in [3.8, 4) is 51.6 Å². The number of hydrogen-bond donors (Lipinski definition) is 1. The molecule has 0 atom stereocenters. The largest absolute Gasteiger partial charge is 0.504 e. The quantitative estimate of drug-likeness (QED) is 0.619. The summed E-state index contributed by atoms with van der Waals surface area (Å²) in [6, 6.07) is 4.66. The van der Waals surface area contributed by atoms with Crippen molar-refractivity contribution in [2.24, 2.45) is 0 Å². The van der Waals surface area contributed by atoms with Crippen LogP contribution in [0, 0.1) is 0 Å². The highest BCUT2D eigenvalue weighted by Crippen LogP contribution is 2.52. The fourth-order valence-corrected chi connectivity index (χ4v) is 3.34. The Morgan fingerprint density at radius 1 is 0.700 bits per heavy atom. The molecule has 3 rings (SSSR count). The second-order valence-corrected chi connectivity index (χ2v) is 5.99. The Bertz CT molecular complexity index is 1150.